The molecule has 12 heavy (non-hydrogen) atoms. The SMILES string of the molecule is NCc1ccc2nc(Cl)oc2n1. The van der Waals surface area contributed by atoms with Crippen LogP contribution in [0, 0.1) is 0 Å². The van der Waals surface area contributed by atoms with Crippen molar-refractivity contribution in [2.75, 3.05) is 0 Å². The number of nitrogens with zero attached hydrogens (tertiary/aromatic N) is 2. The fraction of sp³-hybridized carbons (Fsp3) is 0.143. The molecule has 0 atom stereocenters. The fourth-order valence-electron chi connectivity index (χ4n) is 0.943. The highest BCUT2D eigenvalue weighted by atomic mass is 35.5. The summed E-state index contributed by atoms with van der Waals surface area (Å²) >= 11 is 5.53. The third-order valence-electron chi connectivity index (χ3n) is 1.50. The Morgan fingerprint density at radius 3 is 3.00 bits per heavy atom. The predicted molar refractivity (Wildman–Crippen MR) is 44.7 cm³/mol. The van der Waals surface area contributed by atoms with E-state index in [1.807, 2.05) is 0 Å². The van der Waals surface area contributed by atoms with Gasteiger partial charge in [-0.25, -0.2) is 4.98 Å². The van der Waals surface area contributed by atoms with E-state index in [1.165, 1.54) is 0 Å². The highest BCUT2D eigenvalue weighted by Gasteiger charge is 2.04. The van der Waals surface area contributed by atoms with Crippen LogP contribution in [0.25, 0.3) is 11.2 Å². The van der Waals surface area contributed by atoms with Gasteiger partial charge in [-0.1, -0.05) is 0 Å². The average Bonchev–Trinajstić information content (AvgIpc) is 2.43. The number of aromatic nitrogens is 2. The summed E-state index contributed by atoms with van der Waals surface area (Å²) in [6.45, 7) is 0.383. The number of hydrogen-bond acceptors (Lipinski definition) is 4. The second kappa shape index (κ2) is 2.73. The lowest BCUT2D eigenvalue weighted by molar-refractivity contribution is 0.591. The van der Waals surface area contributed by atoms with Crippen LogP contribution in [0.15, 0.2) is 16.5 Å². The Morgan fingerprint density at radius 1 is 1.42 bits per heavy atom. The van der Waals surface area contributed by atoms with Crippen molar-refractivity contribution in [3.05, 3.63) is 23.2 Å². The topological polar surface area (TPSA) is 64.9 Å². The summed E-state index contributed by atoms with van der Waals surface area (Å²) in [5.74, 6) is 0. The highest BCUT2D eigenvalue weighted by molar-refractivity contribution is 6.28. The Balaban J connectivity index is 2.66. The van der Waals surface area contributed by atoms with Gasteiger partial charge in [-0.15, -0.1) is 0 Å². The molecule has 0 aliphatic rings. The second-order valence-corrected chi connectivity index (χ2v) is 2.62. The molecule has 0 fully saturated rings. The molecule has 0 bridgehead atoms. The van der Waals surface area contributed by atoms with E-state index in [9.17, 15) is 0 Å². The normalized spacial score (nSPS) is 10.8. The first-order valence-corrected chi connectivity index (χ1v) is 3.79. The Labute approximate surface area is 73.4 Å². The lowest BCUT2D eigenvalue weighted by Crippen LogP contribution is -1.98. The lowest BCUT2D eigenvalue weighted by Gasteiger charge is -1.91. The van der Waals surface area contributed by atoms with Crippen molar-refractivity contribution in [2.45, 2.75) is 6.54 Å². The van der Waals surface area contributed by atoms with Gasteiger partial charge in [0.25, 0.3) is 5.35 Å². The van der Waals surface area contributed by atoms with Crippen LogP contribution in [0.5, 0.6) is 0 Å². The van der Waals surface area contributed by atoms with Crippen molar-refractivity contribution in [1.29, 1.82) is 0 Å². The van der Waals surface area contributed by atoms with Gasteiger partial charge in [0.05, 0.1) is 5.69 Å². The first-order valence-electron chi connectivity index (χ1n) is 3.41. The van der Waals surface area contributed by atoms with Crippen molar-refractivity contribution < 1.29 is 4.42 Å². The summed E-state index contributed by atoms with van der Waals surface area (Å²) < 4.78 is 5.00. The van der Waals surface area contributed by atoms with Crippen LogP contribution >= 0.6 is 11.6 Å². The van der Waals surface area contributed by atoms with Gasteiger partial charge in [-0.2, -0.15) is 4.98 Å². The second-order valence-electron chi connectivity index (χ2n) is 2.30. The summed E-state index contributed by atoms with van der Waals surface area (Å²) in [6, 6.07) is 3.57. The molecule has 2 heterocycles. The lowest BCUT2D eigenvalue weighted by atomic mass is 10.3. The molecule has 2 N–H and O–H groups in total. The number of nitrogens with two attached hydrogens (primary N) is 1. The van der Waals surface area contributed by atoms with Gasteiger partial charge >= 0.3 is 0 Å². The van der Waals surface area contributed by atoms with Crippen LogP contribution in [0.1, 0.15) is 5.69 Å². The van der Waals surface area contributed by atoms with Crippen molar-refractivity contribution >= 4 is 22.8 Å². The molecular weight excluding hydrogens is 178 g/mol. The van der Waals surface area contributed by atoms with Gasteiger partial charge in [0.1, 0.15) is 5.52 Å². The highest BCUT2D eigenvalue weighted by Crippen LogP contribution is 2.16. The monoisotopic (exact) mass is 183 g/mol. The van der Waals surface area contributed by atoms with Crippen molar-refractivity contribution in [3.8, 4) is 0 Å². The van der Waals surface area contributed by atoms with E-state index in [1.54, 1.807) is 12.1 Å². The van der Waals surface area contributed by atoms with E-state index in [0.717, 1.165) is 5.69 Å². The van der Waals surface area contributed by atoms with E-state index in [0.29, 0.717) is 17.8 Å². The number of oxazole rings is 1. The van der Waals surface area contributed by atoms with Gasteiger partial charge in [0.15, 0.2) is 0 Å². The number of halogens is 1. The van der Waals surface area contributed by atoms with Crippen LogP contribution < -0.4 is 5.73 Å². The molecule has 0 amide bonds. The third-order valence-corrected chi connectivity index (χ3v) is 1.66. The summed E-state index contributed by atoms with van der Waals surface area (Å²) in [6.07, 6.45) is 0. The van der Waals surface area contributed by atoms with Crippen molar-refractivity contribution in [1.82, 2.24) is 9.97 Å². The van der Waals surface area contributed by atoms with E-state index < -0.39 is 0 Å². The van der Waals surface area contributed by atoms with E-state index in [-0.39, 0.29) is 5.35 Å². The van der Waals surface area contributed by atoms with Crippen LogP contribution in [-0.2, 0) is 6.54 Å². The van der Waals surface area contributed by atoms with Crippen LogP contribution in [0.2, 0.25) is 5.35 Å². The summed E-state index contributed by atoms with van der Waals surface area (Å²) in [5, 5.41) is 0.103. The minimum Gasteiger partial charge on any atom is -0.408 e. The summed E-state index contributed by atoms with van der Waals surface area (Å²) in [4.78, 5) is 7.96. The number of rotatable bonds is 1. The molecule has 2 rings (SSSR count). The molecule has 0 radical (unpaired) electrons. The molecule has 0 aliphatic heterocycles. The minimum absolute atomic E-state index is 0.103. The maximum Gasteiger partial charge on any atom is 0.294 e. The molecule has 0 unspecified atom stereocenters. The summed E-state index contributed by atoms with van der Waals surface area (Å²) in [5.41, 5.74) is 7.23. The van der Waals surface area contributed by atoms with Crippen LogP contribution in [0.3, 0.4) is 0 Å². The van der Waals surface area contributed by atoms with Crippen molar-refractivity contribution in [2.24, 2.45) is 5.73 Å². The maximum atomic E-state index is 5.53. The van der Waals surface area contributed by atoms with Gasteiger partial charge in [-0.05, 0) is 23.7 Å². The molecule has 2 aromatic rings. The Kier molecular flexibility index (Phi) is 1.71. The molecule has 4 nitrogen and oxygen atoms in total. The Bertz CT molecular complexity index is 412. The van der Waals surface area contributed by atoms with E-state index in [4.69, 9.17) is 21.8 Å². The zero-order chi connectivity index (χ0) is 8.55. The molecule has 0 spiro atoms. The third kappa shape index (κ3) is 1.15. The summed E-state index contributed by atoms with van der Waals surface area (Å²) in [7, 11) is 0. The predicted octanol–water partition coefficient (Wildman–Crippen LogP) is 1.33. The van der Waals surface area contributed by atoms with E-state index >= 15 is 0 Å². The molecule has 5 heteroatoms. The molecule has 0 aliphatic carbocycles. The first-order chi connectivity index (χ1) is 5.79. The van der Waals surface area contributed by atoms with E-state index in [2.05, 4.69) is 9.97 Å². The first kappa shape index (κ1) is 7.52. The number of pyridine rings is 1. The molecule has 0 aromatic carbocycles. The molecule has 0 saturated carbocycles. The molecule has 0 saturated heterocycles. The standard InChI is InChI=1S/C7H6ClN3O/c8-7-11-5-2-1-4(3-9)10-6(5)12-7/h1-2H,3,9H2. The largest absolute Gasteiger partial charge is 0.408 e. The smallest absolute Gasteiger partial charge is 0.294 e. The molecule has 2 aromatic heterocycles. The van der Waals surface area contributed by atoms with Crippen LogP contribution in [0.4, 0.5) is 0 Å². The average molecular weight is 184 g/mol. The number of fused-ring (bicyclic) bond motifs is 1. The van der Waals surface area contributed by atoms with Crippen molar-refractivity contribution in [3.63, 3.8) is 0 Å². The Hall–Kier alpha value is -1.13. The zero-order valence-electron chi connectivity index (χ0n) is 6.12. The quantitative estimate of drug-likeness (QED) is 0.725. The molecule has 62 valence electrons. The van der Waals surface area contributed by atoms with Gasteiger partial charge < -0.3 is 10.2 Å². The van der Waals surface area contributed by atoms with Crippen LogP contribution in [-0.4, -0.2) is 9.97 Å². The fourth-order valence-corrected chi connectivity index (χ4v) is 1.11. The zero-order valence-corrected chi connectivity index (χ0v) is 6.88. The van der Waals surface area contributed by atoms with Gasteiger partial charge in [0, 0.05) is 6.54 Å². The molecular formula is C7H6ClN3O. The van der Waals surface area contributed by atoms with Gasteiger partial charge in [-0.3, -0.25) is 0 Å². The van der Waals surface area contributed by atoms with Gasteiger partial charge in [0.2, 0.25) is 5.71 Å². The Morgan fingerprint density at radius 2 is 2.25 bits per heavy atom. The number of hydrogen-bond donors (Lipinski definition) is 1. The maximum absolute atomic E-state index is 5.53. The minimum atomic E-state index is 0.103.